The van der Waals surface area contributed by atoms with E-state index in [4.69, 9.17) is 4.74 Å². The highest BCUT2D eigenvalue weighted by molar-refractivity contribution is 5.34. The van der Waals surface area contributed by atoms with Crippen molar-refractivity contribution in [1.29, 1.82) is 0 Å². The molecule has 1 aromatic carbocycles. The van der Waals surface area contributed by atoms with E-state index in [1.807, 2.05) is 0 Å². The molecule has 2 heteroatoms. The second-order valence-corrected chi connectivity index (χ2v) is 3.72. The van der Waals surface area contributed by atoms with Gasteiger partial charge in [0.1, 0.15) is 5.75 Å². The van der Waals surface area contributed by atoms with Gasteiger partial charge in [0.25, 0.3) is 0 Å². The Bertz CT molecular complexity index is 297. The van der Waals surface area contributed by atoms with E-state index in [1.165, 1.54) is 11.1 Å². The Kier molecular flexibility index (Phi) is 5.19. The van der Waals surface area contributed by atoms with Gasteiger partial charge in [0.15, 0.2) is 0 Å². The van der Waals surface area contributed by atoms with Gasteiger partial charge >= 0.3 is 0 Å². The van der Waals surface area contributed by atoms with Crippen molar-refractivity contribution in [3.8, 4) is 5.75 Å². The predicted molar refractivity (Wildman–Crippen MR) is 64.3 cm³/mol. The first-order valence-corrected chi connectivity index (χ1v) is 5.71. The van der Waals surface area contributed by atoms with Crippen molar-refractivity contribution in [3.63, 3.8) is 0 Å². The fourth-order valence-corrected chi connectivity index (χ4v) is 1.44. The Morgan fingerprint density at radius 1 is 1.27 bits per heavy atom. The summed E-state index contributed by atoms with van der Waals surface area (Å²) in [5.74, 6) is 0.981. The molecular weight excluding hydrogens is 186 g/mol. The molecule has 1 N–H and O–H groups in total. The molecular formula is C13H21NO. The standard InChI is InChI=1S/C13H21NO/c1-4-8-15-13-7-6-12(10-14-5-2)11(3)9-13/h6-7,9,14H,4-5,8,10H2,1-3H3. The SMILES string of the molecule is CCCOc1ccc(CNCC)c(C)c1. The number of hydrogen-bond donors (Lipinski definition) is 1. The molecule has 0 unspecified atom stereocenters. The molecule has 0 atom stereocenters. The highest BCUT2D eigenvalue weighted by Gasteiger charge is 1.99. The maximum absolute atomic E-state index is 5.58. The zero-order chi connectivity index (χ0) is 11.1. The van der Waals surface area contributed by atoms with Gasteiger partial charge in [0.05, 0.1) is 6.61 Å². The maximum atomic E-state index is 5.58. The van der Waals surface area contributed by atoms with Gasteiger partial charge in [0.2, 0.25) is 0 Å². The van der Waals surface area contributed by atoms with Crippen LogP contribution in [0.2, 0.25) is 0 Å². The van der Waals surface area contributed by atoms with Crippen LogP contribution >= 0.6 is 0 Å². The summed E-state index contributed by atoms with van der Waals surface area (Å²) in [6.45, 7) is 9.11. The van der Waals surface area contributed by atoms with Crippen LogP contribution in [0.4, 0.5) is 0 Å². The molecule has 0 bridgehead atoms. The topological polar surface area (TPSA) is 21.3 Å². The van der Waals surface area contributed by atoms with Gasteiger partial charge in [-0.05, 0) is 43.1 Å². The van der Waals surface area contributed by atoms with Crippen LogP contribution in [0, 0.1) is 6.92 Å². The first kappa shape index (κ1) is 12.1. The number of nitrogens with one attached hydrogen (secondary N) is 1. The van der Waals surface area contributed by atoms with E-state index >= 15 is 0 Å². The van der Waals surface area contributed by atoms with Gasteiger partial charge in [-0.25, -0.2) is 0 Å². The summed E-state index contributed by atoms with van der Waals surface area (Å²) in [5.41, 5.74) is 2.64. The zero-order valence-electron chi connectivity index (χ0n) is 9.97. The molecule has 2 nitrogen and oxygen atoms in total. The van der Waals surface area contributed by atoms with E-state index in [2.05, 4.69) is 44.3 Å². The van der Waals surface area contributed by atoms with Crippen molar-refractivity contribution in [2.45, 2.75) is 33.7 Å². The summed E-state index contributed by atoms with van der Waals surface area (Å²) in [6, 6.07) is 6.31. The molecule has 84 valence electrons. The zero-order valence-corrected chi connectivity index (χ0v) is 9.97. The van der Waals surface area contributed by atoms with Crippen molar-refractivity contribution in [3.05, 3.63) is 29.3 Å². The Hall–Kier alpha value is -1.02. The van der Waals surface area contributed by atoms with Gasteiger partial charge < -0.3 is 10.1 Å². The number of hydrogen-bond acceptors (Lipinski definition) is 2. The summed E-state index contributed by atoms with van der Waals surface area (Å²) in [7, 11) is 0. The van der Waals surface area contributed by atoms with Crippen LogP contribution in [0.15, 0.2) is 18.2 Å². The summed E-state index contributed by atoms with van der Waals surface area (Å²) in [4.78, 5) is 0. The van der Waals surface area contributed by atoms with Gasteiger partial charge in [-0.3, -0.25) is 0 Å². The molecule has 0 radical (unpaired) electrons. The number of aryl methyl sites for hydroxylation is 1. The van der Waals surface area contributed by atoms with Crippen molar-refractivity contribution in [1.82, 2.24) is 5.32 Å². The summed E-state index contributed by atoms with van der Waals surface area (Å²) < 4.78 is 5.58. The minimum absolute atomic E-state index is 0.798. The summed E-state index contributed by atoms with van der Waals surface area (Å²) in [6.07, 6.45) is 1.05. The van der Waals surface area contributed by atoms with Crippen LogP contribution in [0.5, 0.6) is 5.75 Å². The fraction of sp³-hybridized carbons (Fsp3) is 0.538. The number of benzene rings is 1. The van der Waals surface area contributed by atoms with Crippen LogP contribution in [-0.4, -0.2) is 13.2 Å². The molecule has 0 aliphatic rings. The maximum Gasteiger partial charge on any atom is 0.119 e. The largest absolute Gasteiger partial charge is 0.494 e. The van der Waals surface area contributed by atoms with Crippen molar-refractivity contribution in [2.75, 3.05) is 13.2 Å². The second-order valence-electron chi connectivity index (χ2n) is 3.72. The molecule has 0 amide bonds. The van der Waals surface area contributed by atoms with Crippen LogP contribution in [-0.2, 0) is 6.54 Å². The van der Waals surface area contributed by atoms with Gasteiger partial charge in [-0.2, -0.15) is 0 Å². The third-order valence-electron chi connectivity index (χ3n) is 2.35. The highest BCUT2D eigenvalue weighted by atomic mass is 16.5. The van der Waals surface area contributed by atoms with E-state index in [1.54, 1.807) is 0 Å². The van der Waals surface area contributed by atoms with E-state index in [0.29, 0.717) is 0 Å². The molecule has 0 spiro atoms. The van der Waals surface area contributed by atoms with E-state index in [9.17, 15) is 0 Å². The molecule has 0 aliphatic carbocycles. The lowest BCUT2D eigenvalue weighted by Gasteiger charge is -2.09. The predicted octanol–water partition coefficient (Wildman–Crippen LogP) is 2.89. The summed E-state index contributed by atoms with van der Waals surface area (Å²) >= 11 is 0. The molecule has 0 saturated heterocycles. The van der Waals surface area contributed by atoms with Crippen LogP contribution in [0.3, 0.4) is 0 Å². The average molecular weight is 207 g/mol. The van der Waals surface area contributed by atoms with Gasteiger partial charge in [-0.1, -0.05) is 19.9 Å². The lowest BCUT2D eigenvalue weighted by molar-refractivity contribution is 0.317. The fourth-order valence-electron chi connectivity index (χ4n) is 1.44. The minimum Gasteiger partial charge on any atom is -0.494 e. The first-order valence-electron chi connectivity index (χ1n) is 5.71. The lowest BCUT2D eigenvalue weighted by atomic mass is 10.1. The third-order valence-corrected chi connectivity index (χ3v) is 2.35. The normalized spacial score (nSPS) is 10.3. The summed E-state index contributed by atoms with van der Waals surface area (Å²) in [5, 5.41) is 3.33. The quantitative estimate of drug-likeness (QED) is 0.774. The smallest absolute Gasteiger partial charge is 0.119 e. The number of ether oxygens (including phenoxy) is 1. The van der Waals surface area contributed by atoms with Crippen LogP contribution in [0.1, 0.15) is 31.4 Å². The molecule has 0 saturated carbocycles. The van der Waals surface area contributed by atoms with Crippen molar-refractivity contribution >= 4 is 0 Å². The average Bonchev–Trinajstić information content (AvgIpc) is 2.25. The van der Waals surface area contributed by atoms with Gasteiger partial charge in [0, 0.05) is 6.54 Å². The van der Waals surface area contributed by atoms with E-state index in [0.717, 1.165) is 31.9 Å². The van der Waals surface area contributed by atoms with Crippen LogP contribution in [0.25, 0.3) is 0 Å². The third kappa shape index (κ3) is 3.92. The second kappa shape index (κ2) is 6.46. The van der Waals surface area contributed by atoms with E-state index < -0.39 is 0 Å². The monoisotopic (exact) mass is 207 g/mol. The Morgan fingerprint density at radius 3 is 2.67 bits per heavy atom. The highest BCUT2D eigenvalue weighted by Crippen LogP contribution is 2.17. The first-order chi connectivity index (χ1) is 7.27. The molecule has 0 aromatic heterocycles. The van der Waals surface area contributed by atoms with Crippen LogP contribution < -0.4 is 10.1 Å². The van der Waals surface area contributed by atoms with Crippen molar-refractivity contribution in [2.24, 2.45) is 0 Å². The Labute approximate surface area is 92.6 Å². The number of rotatable bonds is 6. The Morgan fingerprint density at radius 2 is 2.07 bits per heavy atom. The molecule has 0 aliphatic heterocycles. The Balaban J connectivity index is 2.61. The minimum atomic E-state index is 0.798. The molecule has 1 aromatic rings. The van der Waals surface area contributed by atoms with Crippen molar-refractivity contribution < 1.29 is 4.74 Å². The molecule has 15 heavy (non-hydrogen) atoms. The van der Waals surface area contributed by atoms with E-state index in [-0.39, 0.29) is 0 Å². The van der Waals surface area contributed by atoms with Gasteiger partial charge in [-0.15, -0.1) is 0 Å². The molecule has 0 heterocycles. The molecule has 0 fully saturated rings. The molecule has 1 rings (SSSR count). The lowest BCUT2D eigenvalue weighted by Crippen LogP contribution is -2.12.